The predicted molar refractivity (Wildman–Crippen MR) is 142 cm³/mol. The highest BCUT2D eigenvalue weighted by atomic mass is 35.5. The van der Waals surface area contributed by atoms with E-state index in [9.17, 15) is 4.79 Å². The molecule has 0 bridgehead atoms. The molecule has 1 aliphatic carbocycles. The molecule has 0 aliphatic heterocycles. The zero-order valence-corrected chi connectivity index (χ0v) is 21.7. The minimum atomic E-state index is -0.274. The van der Waals surface area contributed by atoms with Crippen molar-refractivity contribution in [3.05, 3.63) is 63.8 Å². The Balaban J connectivity index is 1.74. The maximum Gasteiger partial charge on any atom is 0.247 e. The van der Waals surface area contributed by atoms with Crippen molar-refractivity contribution in [1.29, 1.82) is 0 Å². The molecule has 0 saturated heterocycles. The Morgan fingerprint density at radius 2 is 1.89 bits per heavy atom. The molecule has 9 heteroatoms. The second kappa shape index (κ2) is 10.2. The topological polar surface area (TPSA) is 79.5 Å². The number of amides is 1. The number of carbonyl (C=O) groups excluding carboxylic acids is 1. The van der Waals surface area contributed by atoms with Gasteiger partial charge in [0.15, 0.2) is 0 Å². The molecule has 0 unspecified atom stereocenters. The molecule has 3 aromatic rings. The van der Waals surface area contributed by atoms with Gasteiger partial charge < -0.3 is 19.7 Å². The largest absolute Gasteiger partial charge is 0.495 e. The fraction of sp³-hybridized carbons (Fsp3) is 0.308. The molecule has 2 N–H and O–H groups in total. The normalized spacial score (nSPS) is 14.7. The Hall–Kier alpha value is -3.16. The zero-order valence-electron chi connectivity index (χ0n) is 20.2. The quantitative estimate of drug-likeness (QED) is 0.385. The predicted octanol–water partition coefficient (Wildman–Crippen LogP) is 5.86. The maximum absolute atomic E-state index is 12.1. The van der Waals surface area contributed by atoms with E-state index in [1.54, 1.807) is 20.3 Å². The summed E-state index contributed by atoms with van der Waals surface area (Å²) in [6.07, 6.45) is 3.51. The van der Waals surface area contributed by atoms with Crippen LogP contribution in [0.5, 0.6) is 11.5 Å². The number of aromatic nitrogens is 2. The Morgan fingerprint density at radius 3 is 2.49 bits per heavy atom. The molecule has 0 spiro atoms. The lowest BCUT2D eigenvalue weighted by atomic mass is 9.81. The van der Waals surface area contributed by atoms with Crippen molar-refractivity contribution in [1.82, 2.24) is 10.2 Å². The first-order valence-electron chi connectivity index (χ1n) is 11.2. The SMILES string of the molecule is C=CC(=O)Nc1ccc(N(C)C)cc1-c1n[nH]c2c1CC[C@@H](c1c(Cl)c(OC)cc(OC)c1Cl)C2. The van der Waals surface area contributed by atoms with E-state index in [1.165, 1.54) is 6.08 Å². The summed E-state index contributed by atoms with van der Waals surface area (Å²) >= 11 is 13.4. The number of anilines is 2. The number of ether oxygens (including phenoxy) is 2. The molecule has 184 valence electrons. The Kier molecular flexibility index (Phi) is 7.28. The van der Waals surface area contributed by atoms with E-state index in [4.69, 9.17) is 32.7 Å². The monoisotopic (exact) mass is 514 g/mol. The highest BCUT2D eigenvalue weighted by Gasteiger charge is 2.31. The lowest BCUT2D eigenvalue weighted by molar-refractivity contribution is -0.111. The van der Waals surface area contributed by atoms with Crippen LogP contribution in [0, 0.1) is 0 Å². The van der Waals surface area contributed by atoms with Gasteiger partial charge in [0.2, 0.25) is 5.91 Å². The van der Waals surface area contributed by atoms with E-state index in [0.717, 1.165) is 46.6 Å². The van der Waals surface area contributed by atoms with Gasteiger partial charge in [0.1, 0.15) is 11.5 Å². The molecule has 0 radical (unpaired) electrons. The summed E-state index contributed by atoms with van der Waals surface area (Å²) in [5.74, 6) is 0.849. The number of nitrogens with zero attached hydrogens (tertiary/aromatic N) is 2. The average molecular weight is 515 g/mol. The highest BCUT2D eigenvalue weighted by molar-refractivity contribution is 6.38. The summed E-state index contributed by atoms with van der Waals surface area (Å²) in [5.41, 5.74) is 6.31. The van der Waals surface area contributed by atoms with Crippen molar-refractivity contribution >= 4 is 40.5 Å². The van der Waals surface area contributed by atoms with Crippen molar-refractivity contribution in [2.75, 3.05) is 38.5 Å². The minimum Gasteiger partial charge on any atom is -0.495 e. The number of H-pyrrole nitrogens is 1. The third-order valence-electron chi connectivity index (χ3n) is 6.38. The molecule has 2 aromatic carbocycles. The fourth-order valence-corrected chi connectivity index (χ4v) is 5.35. The number of carbonyl (C=O) groups is 1. The number of methoxy groups -OCH3 is 2. The van der Waals surface area contributed by atoms with Gasteiger partial charge in [-0.05, 0) is 49.5 Å². The van der Waals surface area contributed by atoms with Crippen LogP contribution in [0.3, 0.4) is 0 Å². The van der Waals surface area contributed by atoms with Crippen molar-refractivity contribution < 1.29 is 14.3 Å². The van der Waals surface area contributed by atoms with Crippen LogP contribution in [0.15, 0.2) is 36.9 Å². The van der Waals surface area contributed by atoms with Crippen molar-refractivity contribution in [3.8, 4) is 22.8 Å². The summed E-state index contributed by atoms with van der Waals surface area (Å²) in [4.78, 5) is 14.1. The maximum atomic E-state index is 12.1. The molecule has 1 aliphatic rings. The van der Waals surface area contributed by atoms with E-state index >= 15 is 0 Å². The first-order chi connectivity index (χ1) is 16.8. The van der Waals surface area contributed by atoms with Gasteiger partial charge in [-0.3, -0.25) is 9.89 Å². The molecule has 1 atom stereocenters. The number of hydrogen-bond acceptors (Lipinski definition) is 5. The second-order valence-corrected chi connectivity index (χ2v) is 9.37. The summed E-state index contributed by atoms with van der Waals surface area (Å²) < 4.78 is 10.9. The smallest absolute Gasteiger partial charge is 0.247 e. The molecule has 1 amide bonds. The zero-order chi connectivity index (χ0) is 25.3. The van der Waals surface area contributed by atoms with Crippen molar-refractivity contribution in [2.45, 2.75) is 25.2 Å². The van der Waals surface area contributed by atoms with Crippen LogP contribution >= 0.6 is 23.2 Å². The molecule has 4 rings (SSSR count). The first kappa shape index (κ1) is 24.9. The van der Waals surface area contributed by atoms with Gasteiger partial charge in [0, 0.05) is 48.2 Å². The number of fused-ring (bicyclic) bond motifs is 1. The van der Waals surface area contributed by atoms with Crippen LogP contribution in [0.1, 0.15) is 29.2 Å². The van der Waals surface area contributed by atoms with Crippen LogP contribution in [0.4, 0.5) is 11.4 Å². The van der Waals surface area contributed by atoms with E-state index < -0.39 is 0 Å². The lowest BCUT2D eigenvalue weighted by Gasteiger charge is -2.26. The standard InChI is InChI=1S/C26H28Cl2N4O3/c1-6-22(33)29-18-10-8-15(32(2)3)12-17(18)26-16-9-7-14(11-19(16)30-31-26)23-24(27)20(34-4)13-21(35-5)25(23)28/h6,8,10,12-14H,1,7,9,11H2,2-5H3,(H,29,33)(H,30,31)/t14-/m1/s1. The number of rotatable bonds is 7. The van der Waals surface area contributed by atoms with Gasteiger partial charge >= 0.3 is 0 Å². The second-order valence-electron chi connectivity index (χ2n) is 8.61. The molecule has 0 saturated carbocycles. The third kappa shape index (κ3) is 4.70. The summed E-state index contributed by atoms with van der Waals surface area (Å²) in [5, 5.41) is 11.8. The Bertz CT molecular complexity index is 1260. The molecule has 35 heavy (non-hydrogen) atoms. The summed E-state index contributed by atoms with van der Waals surface area (Å²) in [6.45, 7) is 3.56. The van der Waals surface area contributed by atoms with Gasteiger partial charge in [-0.25, -0.2) is 0 Å². The van der Waals surface area contributed by atoms with Crippen LogP contribution < -0.4 is 19.7 Å². The van der Waals surface area contributed by atoms with Crippen molar-refractivity contribution in [2.24, 2.45) is 0 Å². The third-order valence-corrected chi connectivity index (χ3v) is 7.16. The van der Waals surface area contributed by atoms with E-state index in [1.807, 2.05) is 37.2 Å². The van der Waals surface area contributed by atoms with Crippen LogP contribution in [-0.4, -0.2) is 44.4 Å². The lowest BCUT2D eigenvalue weighted by Crippen LogP contribution is -2.15. The fourth-order valence-electron chi connectivity index (χ4n) is 4.54. The minimum absolute atomic E-state index is 0.0628. The highest BCUT2D eigenvalue weighted by Crippen LogP contribution is 2.48. The molecule has 7 nitrogen and oxygen atoms in total. The summed E-state index contributed by atoms with van der Waals surface area (Å²) in [7, 11) is 7.09. The molecule has 1 aromatic heterocycles. The number of aromatic amines is 1. The van der Waals surface area contributed by atoms with Gasteiger partial charge in [-0.2, -0.15) is 5.10 Å². The number of benzene rings is 2. The van der Waals surface area contributed by atoms with Crippen LogP contribution in [0.2, 0.25) is 10.0 Å². The number of nitrogens with one attached hydrogen (secondary N) is 2. The molecular formula is C26H28Cl2N4O3. The van der Waals surface area contributed by atoms with Crippen molar-refractivity contribution in [3.63, 3.8) is 0 Å². The van der Waals surface area contributed by atoms with Gasteiger partial charge in [0.25, 0.3) is 0 Å². The number of halogens is 2. The average Bonchev–Trinajstić information content (AvgIpc) is 3.27. The Morgan fingerprint density at radius 1 is 1.20 bits per heavy atom. The molecular weight excluding hydrogens is 487 g/mol. The van der Waals surface area contributed by atoms with Crippen LogP contribution in [0.25, 0.3) is 11.3 Å². The van der Waals surface area contributed by atoms with Gasteiger partial charge in [-0.1, -0.05) is 29.8 Å². The van der Waals surface area contributed by atoms with Crippen LogP contribution in [-0.2, 0) is 17.6 Å². The van der Waals surface area contributed by atoms with E-state index in [0.29, 0.717) is 33.7 Å². The Labute approximate surface area is 215 Å². The molecule has 1 heterocycles. The summed E-state index contributed by atoms with van der Waals surface area (Å²) in [6, 6.07) is 7.58. The molecule has 0 fully saturated rings. The van der Waals surface area contributed by atoms with Gasteiger partial charge in [-0.15, -0.1) is 0 Å². The first-order valence-corrected chi connectivity index (χ1v) is 12.0. The van der Waals surface area contributed by atoms with Gasteiger partial charge in [0.05, 0.1) is 35.6 Å². The van der Waals surface area contributed by atoms with E-state index in [2.05, 4.69) is 22.1 Å². The number of hydrogen-bond donors (Lipinski definition) is 2. The van der Waals surface area contributed by atoms with E-state index in [-0.39, 0.29) is 11.8 Å².